The number of rotatable bonds is 8. The van der Waals surface area contributed by atoms with Crippen LogP contribution in [0.1, 0.15) is 40.5 Å². The molecule has 1 aromatic heterocycles. The van der Waals surface area contributed by atoms with Crippen LogP contribution in [0.15, 0.2) is 90.1 Å². The molecule has 4 aromatic rings. The molecule has 3 aromatic carbocycles. The molecular weight excluding hydrogens is 534 g/mol. The van der Waals surface area contributed by atoms with E-state index in [2.05, 4.69) is 26.1 Å². The highest BCUT2D eigenvalue weighted by atomic mass is 16.7. The molecule has 3 heterocycles. The number of aryl methyl sites for hydroxylation is 1. The maximum atomic E-state index is 12.9. The number of hydrogen-bond donors (Lipinski definition) is 3. The lowest BCUT2D eigenvalue weighted by molar-refractivity contribution is -0.121. The van der Waals surface area contributed by atoms with Crippen molar-refractivity contribution in [2.75, 3.05) is 6.54 Å². The molecule has 2 aliphatic heterocycles. The van der Waals surface area contributed by atoms with Gasteiger partial charge in [-0.15, -0.1) is 0 Å². The van der Waals surface area contributed by atoms with Crippen molar-refractivity contribution in [2.24, 2.45) is 5.16 Å². The van der Waals surface area contributed by atoms with E-state index >= 15 is 0 Å². The van der Waals surface area contributed by atoms with Crippen molar-refractivity contribution in [3.8, 4) is 5.75 Å². The highest BCUT2D eigenvalue weighted by Crippen LogP contribution is 2.38. The summed E-state index contributed by atoms with van der Waals surface area (Å²) < 4.78 is 6.14. The summed E-state index contributed by atoms with van der Waals surface area (Å²) in [4.78, 5) is 48.0. The van der Waals surface area contributed by atoms with Crippen molar-refractivity contribution >= 4 is 34.5 Å². The average Bonchev–Trinajstić information content (AvgIpc) is 3.56. The van der Waals surface area contributed by atoms with Crippen molar-refractivity contribution < 1.29 is 24.0 Å². The molecular formula is C32H29N5O5. The Balaban J connectivity index is 1.23. The monoisotopic (exact) mass is 563 g/mol. The molecule has 1 fully saturated rings. The van der Waals surface area contributed by atoms with E-state index in [1.807, 2.05) is 67.6 Å². The zero-order valence-electron chi connectivity index (χ0n) is 23.1. The van der Waals surface area contributed by atoms with Crippen molar-refractivity contribution in [1.82, 2.24) is 20.9 Å². The van der Waals surface area contributed by atoms with Gasteiger partial charge in [-0.1, -0.05) is 53.7 Å². The third-order valence-electron chi connectivity index (χ3n) is 7.68. The Kier molecular flexibility index (Phi) is 6.82. The Morgan fingerprint density at radius 2 is 1.76 bits per heavy atom. The first-order chi connectivity index (χ1) is 20.3. The van der Waals surface area contributed by atoms with Crippen LogP contribution >= 0.6 is 0 Å². The topological polar surface area (TPSA) is 131 Å². The Labute approximate surface area is 242 Å². The minimum atomic E-state index is -1.36. The summed E-state index contributed by atoms with van der Waals surface area (Å²) >= 11 is 0. The molecule has 2 aliphatic rings. The molecule has 3 N–H and O–H groups in total. The van der Waals surface area contributed by atoms with Crippen molar-refractivity contribution in [1.29, 1.82) is 0 Å². The van der Waals surface area contributed by atoms with E-state index in [0.29, 0.717) is 23.6 Å². The number of nitrogens with one attached hydrogen (secondary N) is 3. The largest absolute Gasteiger partial charge is 0.489 e. The lowest BCUT2D eigenvalue weighted by atomic mass is 9.82. The van der Waals surface area contributed by atoms with Gasteiger partial charge in [-0.05, 0) is 50.2 Å². The molecule has 4 amide bonds. The highest BCUT2D eigenvalue weighted by Gasteiger charge is 2.53. The standard InChI is InChI=1S/C32H29N5O5/c1-20-16-22(25-10-6-7-11-26(25)34-20)18-41-24-14-12-23(13-15-24)32(19-33-28(38)21-8-4-3-5-9-21)17-27(37-42-32)31(2)29(39)35-30(40)36-31/h3-16H,17-19H2,1-2H3,(H,33,38)(H2,35,36,39,40). The summed E-state index contributed by atoms with van der Waals surface area (Å²) in [7, 11) is 0. The molecule has 0 radical (unpaired) electrons. The van der Waals surface area contributed by atoms with E-state index in [9.17, 15) is 14.4 Å². The average molecular weight is 564 g/mol. The van der Waals surface area contributed by atoms with Gasteiger partial charge < -0.3 is 20.2 Å². The summed E-state index contributed by atoms with van der Waals surface area (Å²) in [5.74, 6) is -0.138. The molecule has 0 saturated carbocycles. The van der Waals surface area contributed by atoms with E-state index in [4.69, 9.17) is 9.57 Å². The fourth-order valence-electron chi connectivity index (χ4n) is 5.29. The predicted molar refractivity (Wildman–Crippen MR) is 156 cm³/mol. The van der Waals surface area contributed by atoms with Crippen LogP contribution in [0.5, 0.6) is 5.75 Å². The third-order valence-corrected chi connectivity index (χ3v) is 7.68. The zero-order valence-corrected chi connectivity index (χ0v) is 23.1. The summed E-state index contributed by atoms with van der Waals surface area (Å²) in [5, 5.41) is 13.1. The van der Waals surface area contributed by atoms with Crippen LogP contribution in [-0.4, -0.2) is 40.6 Å². The van der Waals surface area contributed by atoms with Crippen LogP contribution in [-0.2, 0) is 21.8 Å². The second-order valence-electron chi connectivity index (χ2n) is 10.6. The molecule has 10 heteroatoms. The predicted octanol–water partition coefficient (Wildman–Crippen LogP) is 4.12. The number of carbonyl (C=O) groups is 3. The number of carbonyl (C=O) groups excluding carboxylic acids is 3. The van der Waals surface area contributed by atoms with Crippen molar-refractivity contribution in [2.45, 2.75) is 38.0 Å². The van der Waals surface area contributed by atoms with Crippen LogP contribution in [0, 0.1) is 6.92 Å². The fraction of sp³-hybridized carbons (Fsp3) is 0.219. The van der Waals surface area contributed by atoms with Gasteiger partial charge in [-0.25, -0.2) is 4.79 Å². The highest BCUT2D eigenvalue weighted by molar-refractivity contribution is 6.22. The van der Waals surface area contributed by atoms with E-state index in [-0.39, 0.29) is 18.9 Å². The number of benzene rings is 3. The second kappa shape index (κ2) is 10.6. The maximum absolute atomic E-state index is 12.9. The molecule has 6 rings (SSSR count). The van der Waals surface area contributed by atoms with Crippen molar-refractivity contribution in [3.63, 3.8) is 0 Å². The van der Waals surface area contributed by atoms with Crippen LogP contribution in [0.25, 0.3) is 10.9 Å². The summed E-state index contributed by atoms with van der Waals surface area (Å²) in [6.45, 7) is 3.97. The van der Waals surface area contributed by atoms with Gasteiger partial charge in [-0.2, -0.15) is 0 Å². The van der Waals surface area contributed by atoms with Crippen LogP contribution in [0.2, 0.25) is 0 Å². The summed E-state index contributed by atoms with van der Waals surface area (Å²) in [6, 6.07) is 25.6. The summed E-state index contributed by atoms with van der Waals surface area (Å²) in [6.07, 6.45) is 0.161. The minimum absolute atomic E-state index is 0.0713. The van der Waals surface area contributed by atoms with E-state index in [1.165, 1.54) is 0 Å². The zero-order chi connectivity index (χ0) is 29.3. The number of pyridine rings is 1. The number of hydrogen-bond acceptors (Lipinski definition) is 7. The van der Waals surface area contributed by atoms with Gasteiger partial charge >= 0.3 is 6.03 Å². The summed E-state index contributed by atoms with van der Waals surface area (Å²) in [5.41, 5.74) is 1.96. The number of oxime groups is 1. The van der Waals surface area contributed by atoms with Gasteiger partial charge in [0.05, 0.1) is 17.8 Å². The molecule has 2 atom stereocenters. The number of para-hydroxylation sites is 1. The Morgan fingerprint density at radius 3 is 2.50 bits per heavy atom. The van der Waals surface area contributed by atoms with Gasteiger partial charge in [0.2, 0.25) is 0 Å². The first kappa shape index (κ1) is 26.9. The number of ether oxygens (including phenoxy) is 1. The molecule has 10 nitrogen and oxygen atoms in total. The Morgan fingerprint density at radius 1 is 1.02 bits per heavy atom. The molecule has 0 aliphatic carbocycles. The lowest BCUT2D eigenvalue weighted by Crippen LogP contribution is -2.52. The first-order valence-electron chi connectivity index (χ1n) is 13.6. The number of amides is 4. The Bertz CT molecular complexity index is 1720. The number of imide groups is 1. The second-order valence-corrected chi connectivity index (χ2v) is 10.6. The first-order valence-corrected chi connectivity index (χ1v) is 13.6. The lowest BCUT2D eigenvalue weighted by Gasteiger charge is -2.29. The molecule has 2 unspecified atom stereocenters. The fourth-order valence-corrected chi connectivity index (χ4v) is 5.29. The van der Waals surface area contributed by atoms with Crippen LogP contribution in [0.4, 0.5) is 4.79 Å². The smallest absolute Gasteiger partial charge is 0.322 e. The normalized spacial score (nSPS) is 21.3. The maximum Gasteiger partial charge on any atom is 0.322 e. The molecule has 0 bridgehead atoms. The SMILES string of the molecule is Cc1cc(COc2ccc(C3(CNC(=O)c4ccccc4)CC(C4(C)NC(=O)NC4=O)=NO3)cc2)c2ccccc2n1. The van der Waals surface area contributed by atoms with Gasteiger partial charge in [-0.3, -0.25) is 19.9 Å². The van der Waals surface area contributed by atoms with Crippen molar-refractivity contribution in [3.05, 3.63) is 107 Å². The minimum Gasteiger partial charge on any atom is -0.489 e. The Hall–Kier alpha value is -5.25. The van der Waals surface area contributed by atoms with Gasteiger partial charge in [0.15, 0.2) is 11.1 Å². The number of fused-ring (bicyclic) bond motifs is 1. The van der Waals surface area contributed by atoms with Crippen LogP contribution < -0.4 is 20.7 Å². The number of urea groups is 1. The van der Waals surface area contributed by atoms with E-state index in [0.717, 1.165) is 27.7 Å². The van der Waals surface area contributed by atoms with E-state index < -0.39 is 23.1 Å². The van der Waals surface area contributed by atoms with Gasteiger partial charge in [0.1, 0.15) is 12.4 Å². The molecule has 212 valence electrons. The van der Waals surface area contributed by atoms with Gasteiger partial charge in [0.25, 0.3) is 11.8 Å². The number of aromatic nitrogens is 1. The van der Waals surface area contributed by atoms with Gasteiger partial charge in [0, 0.05) is 34.2 Å². The number of nitrogens with zero attached hydrogens (tertiary/aromatic N) is 2. The molecule has 0 spiro atoms. The molecule has 1 saturated heterocycles. The third kappa shape index (κ3) is 5.03. The van der Waals surface area contributed by atoms with E-state index in [1.54, 1.807) is 31.2 Å². The molecule has 42 heavy (non-hydrogen) atoms. The quantitative estimate of drug-likeness (QED) is 0.277. The van der Waals surface area contributed by atoms with Crippen LogP contribution in [0.3, 0.4) is 0 Å².